The number of carboxylic acid groups (broad SMARTS) is 1. The normalized spacial score (nSPS) is 17.9. The number of nitrogens with one attached hydrogen (secondary N) is 2. The molecule has 1 aromatic carbocycles. The largest absolute Gasteiger partial charge is 0.478 e. The molecule has 2 aromatic rings. The number of hydrogen-bond donors (Lipinski definition) is 3. The summed E-state index contributed by atoms with van der Waals surface area (Å²) in [6.45, 7) is 0. The fourth-order valence-electron chi connectivity index (χ4n) is 1.92. The van der Waals surface area contributed by atoms with Crippen molar-refractivity contribution in [2.75, 3.05) is 0 Å². The predicted octanol–water partition coefficient (Wildman–Crippen LogP) is 2.60. The van der Waals surface area contributed by atoms with Gasteiger partial charge >= 0.3 is 5.97 Å². The Morgan fingerprint density at radius 1 is 1.23 bits per heavy atom. The number of amides is 1. The van der Waals surface area contributed by atoms with Crippen LogP contribution in [0, 0.1) is 0 Å². The maximum atomic E-state index is 11.9. The molecule has 3 rings (SSSR count). The lowest BCUT2D eigenvalue weighted by molar-refractivity contribution is -0.115. The molecule has 0 unspecified atom stereocenters. The van der Waals surface area contributed by atoms with Gasteiger partial charge in [-0.05, 0) is 42.1 Å². The Kier molecular flexibility index (Phi) is 3.80. The van der Waals surface area contributed by atoms with Crippen molar-refractivity contribution in [1.82, 2.24) is 10.3 Å². The molecule has 0 radical (unpaired) electrons. The molecule has 0 bridgehead atoms. The SMILES string of the molecule is O=C1NC(=Nc2ccccc2C(=O)O)S/C1=C\c1ccc[nH]1. The van der Waals surface area contributed by atoms with E-state index < -0.39 is 5.97 Å². The van der Waals surface area contributed by atoms with Gasteiger partial charge in [0.1, 0.15) is 0 Å². The summed E-state index contributed by atoms with van der Waals surface area (Å²) in [6, 6.07) is 10.1. The third-order valence-corrected chi connectivity index (χ3v) is 3.83. The van der Waals surface area contributed by atoms with E-state index >= 15 is 0 Å². The second-order valence-corrected chi connectivity index (χ2v) is 5.46. The average molecular weight is 313 g/mol. The molecule has 1 saturated heterocycles. The maximum Gasteiger partial charge on any atom is 0.337 e. The second-order valence-electron chi connectivity index (χ2n) is 4.43. The highest BCUT2D eigenvalue weighted by Crippen LogP contribution is 2.28. The van der Waals surface area contributed by atoms with Crippen LogP contribution < -0.4 is 5.32 Å². The van der Waals surface area contributed by atoms with E-state index in [1.165, 1.54) is 17.8 Å². The zero-order valence-corrected chi connectivity index (χ0v) is 12.1. The summed E-state index contributed by atoms with van der Waals surface area (Å²) < 4.78 is 0. The molecule has 1 fully saturated rings. The summed E-state index contributed by atoms with van der Waals surface area (Å²) in [4.78, 5) is 30.8. The van der Waals surface area contributed by atoms with Gasteiger partial charge in [0.15, 0.2) is 5.17 Å². The smallest absolute Gasteiger partial charge is 0.337 e. The molecule has 0 atom stereocenters. The monoisotopic (exact) mass is 313 g/mol. The zero-order chi connectivity index (χ0) is 15.5. The number of aromatic amines is 1. The van der Waals surface area contributed by atoms with Crippen molar-refractivity contribution in [3.63, 3.8) is 0 Å². The molecule has 6 nitrogen and oxygen atoms in total. The van der Waals surface area contributed by atoms with Crippen molar-refractivity contribution in [2.24, 2.45) is 4.99 Å². The summed E-state index contributed by atoms with van der Waals surface area (Å²) in [5.74, 6) is -1.32. The molecule has 2 heterocycles. The van der Waals surface area contributed by atoms with Crippen LogP contribution in [0.5, 0.6) is 0 Å². The van der Waals surface area contributed by atoms with E-state index in [0.29, 0.717) is 15.8 Å². The lowest BCUT2D eigenvalue weighted by Crippen LogP contribution is -2.19. The Labute approximate surface area is 130 Å². The molecule has 1 aliphatic rings. The lowest BCUT2D eigenvalue weighted by Gasteiger charge is -2.00. The number of benzene rings is 1. The number of amidine groups is 1. The number of carbonyl (C=O) groups excluding carboxylic acids is 1. The number of carboxylic acids is 1. The highest BCUT2D eigenvalue weighted by atomic mass is 32.2. The fourth-order valence-corrected chi connectivity index (χ4v) is 2.74. The highest BCUT2D eigenvalue weighted by molar-refractivity contribution is 8.18. The molecule has 7 heteroatoms. The van der Waals surface area contributed by atoms with Crippen LogP contribution in [-0.4, -0.2) is 27.1 Å². The van der Waals surface area contributed by atoms with Gasteiger partial charge in [-0.1, -0.05) is 12.1 Å². The Hall–Kier alpha value is -2.80. The van der Waals surface area contributed by atoms with Gasteiger partial charge in [0.05, 0.1) is 16.2 Å². The zero-order valence-electron chi connectivity index (χ0n) is 11.2. The van der Waals surface area contributed by atoms with Gasteiger partial charge in [-0.25, -0.2) is 9.79 Å². The number of aromatic carboxylic acids is 1. The van der Waals surface area contributed by atoms with Gasteiger partial charge in [0, 0.05) is 11.9 Å². The van der Waals surface area contributed by atoms with E-state index in [1.54, 1.807) is 30.5 Å². The van der Waals surface area contributed by atoms with Gasteiger partial charge in [0.2, 0.25) is 0 Å². The van der Waals surface area contributed by atoms with Crippen LogP contribution in [0.2, 0.25) is 0 Å². The molecule has 22 heavy (non-hydrogen) atoms. The van der Waals surface area contributed by atoms with Crippen LogP contribution in [-0.2, 0) is 4.79 Å². The van der Waals surface area contributed by atoms with E-state index in [-0.39, 0.29) is 11.5 Å². The van der Waals surface area contributed by atoms with E-state index in [2.05, 4.69) is 15.3 Å². The van der Waals surface area contributed by atoms with Crippen molar-refractivity contribution in [3.05, 3.63) is 58.8 Å². The van der Waals surface area contributed by atoms with Gasteiger partial charge < -0.3 is 15.4 Å². The number of nitrogens with zero attached hydrogens (tertiary/aromatic N) is 1. The van der Waals surface area contributed by atoms with Crippen molar-refractivity contribution >= 4 is 40.6 Å². The number of hydrogen-bond acceptors (Lipinski definition) is 4. The first-order chi connectivity index (χ1) is 10.6. The molecular formula is C15H11N3O3S. The second kappa shape index (κ2) is 5.90. The number of aromatic nitrogens is 1. The number of aliphatic imine (C=N–C) groups is 1. The minimum absolute atomic E-state index is 0.0895. The van der Waals surface area contributed by atoms with Crippen molar-refractivity contribution < 1.29 is 14.7 Å². The third-order valence-electron chi connectivity index (χ3n) is 2.92. The first-order valence-corrected chi connectivity index (χ1v) is 7.20. The van der Waals surface area contributed by atoms with Gasteiger partial charge in [-0.2, -0.15) is 0 Å². The average Bonchev–Trinajstić information content (AvgIpc) is 3.10. The maximum absolute atomic E-state index is 11.9. The van der Waals surface area contributed by atoms with Crippen molar-refractivity contribution in [1.29, 1.82) is 0 Å². The van der Waals surface area contributed by atoms with Crippen LogP contribution in [0.15, 0.2) is 52.5 Å². The number of para-hydroxylation sites is 1. The molecule has 110 valence electrons. The molecule has 1 amide bonds. The molecule has 0 spiro atoms. The van der Waals surface area contributed by atoms with Crippen LogP contribution >= 0.6 is 11.8 Å². The van der Waals surface area contributed by atoms with Gasteiger partial charge in [-0.3, -0.25) is 4.79 Å². The Balaban J connectivity index is 1.89. The van der Waals surface area contributed by atoms with E-state index in [1.807, 2.05) is 12.1 Å². The molecule has 1 aliphatic heterocycles. The minimum Gasteiger partial charge on any atom is -0.478 e. The standard InChI is InChI=1S/C15H11N3O3S/c19-13-12(8-9-4-3-7-16-9)22-15(18-13)17-11-6-2-1-5-10(11)14(20)21/h1-8,16H,(H,20,21)(H,17,18,19)/b12-8-. The fraction of sp³-hybridized carbons (Fsp3) is 0. The van der Waals surface area contributed by atoms with Crippen LogP contribution in [0.1, 0.15) is 16.1 Å². The number of carbonyl (C=O) groups is 2. The molecule has 1 aromatic heterocycles. The van der Waals surface area contributed by atoms with Gasteiger partial charge in [-0.15, -0.1) is 0 Å². The van der Waals surface area contributed by atoms with E-state index in [9.17, 15) is 9.59 Å². The molecule has 0 saturated carbocycles. The van der Waals surface area contributed by atoms with Crippen molar-refractivity contribution in [3.8, 4) is 0 Å². The van der Waals surface area contributed by atoms with E-state index in [4.69, 9.17) is 5.11 Å². The van der Waals surface area contributed by atoms with E-state index in [0.717, 1.165) is 5.69 Å². The van der Waals surface area contributed by atoms with Crippen LogP contribution in [0.25, 0.3) is 6.08 Å². The number of rotatable bonds is 3. The predicted molar refractivity (Wildman–Crippen MR) is 85.0 cm³/mol. The molecule has 0 aliphatic carbocycles. The Morgan fingerprint density at radius 2 is 2.05 bits per heavy atom. The summed E-state index contributed by atoms with van der Waals surface area (Å²) in [5, 5.41) is 12.1. The molecular weight excluding hydrogens is 302 g/mol. The quantitative estimate of drug-likeness (QED) is 0.759. The molecule has 3 N–H and O–H groups in total. The topological polar surface area (TPSA) is 94.6 Å². The Bertz CT molecular complexity index is 794. The minimum atomic E-state index is -1.06. The summed E-state index contributed by atoms with van der Waals surface area (Å²) in [6.07, 6.45) is 3.48. The first kappa shape index (κ1) is 14.2. The summed E-state index contributed by atoms with van der Waals surface area (Å²) in [7, 11) is 0. The lowest BCUT2D eigenvalue weighted by atomic mass is 10.2. The third kappa shape index (κ3) is 2.94. The van der Waals surface area contributed by atoms with Crippen LogP contribution in [0.3, 0.4) is 0 Å². The highest BCUT2D eigenvalue weighted by Gasteiger charge is 2.24. The summed E-state index contributed by atoms with van der Waals surface area (Å²) >= 11 is 1.17. The number of thioether (sulfide) groups is 1. The summed E-state index contributed by atoms with van der Waals surface area (Å²) in [5.41, 5.74) is 1.20. The van der Waals surface area contributed by atoms with Crippen molar-refractivity contribution in [2.45, 2.75) is 0 Å². The van der Waals surface area contributed by atoms with Gasteiger partial charge in [0.25, 0.3) is 5.91 Å². The van der Waals surface area contributed by atoms with Crippen LogP contribution in [0.4, 0.5) is 5.69 Å². The first-order valence-electron chi connectivity index (χ1n) is 6.39. The Morgan fingerprint density at radius 3 is 2.77 bits per heavy atom. The number of H-pyrrole nitrogens is 1.